The smallest absolute Gasteiger partial charge is 0.412 e. The summed E-state index contributed by atoms with van der Waals surface area (Å²) in [5, 5.41) is 12.3. The Balaban J connectivity index is 1.75. The number of carbonyl (C=O) groups excluding carboxylic acids is 1. The first-order chi connectivity index (χ1) is 12.1. The molecule has 1 aromatic heterocycles. The van der Waals surface area contributed by atoms with Crippen molar-refractivity contribution in [3.05, 3.63) is 65.9 Å². The van der Waals surface area contributed by atoms with Gasteiger partial charge in [-0.25, -0.2) is 4.79 Å². The zero-order valence-electron chi connectivity index (χ0n) is 13.4. The molecule has 0 aliphatic carbocycles. The van der Waals surface area contributed by atoms with Gasteiger partial charge in [0.2, 0.25) is 0 Å². The van der Waals surface area contributed by atoms with Gasteiger partial charge < -0.3 is 14.3 Å². The van der Waals surface area contributed by atoms with E-state index >= 15 is 0 Å². The lowest BCUT2D eigenvalue weighted by atomic mass is 10.1. The molecule has 3 aromatic rings. The molecule has 0 bridgehead atoms. The minimum atomic E-state index is -0.932. The topological polar surface area (TPSA) is 88.8 Å². The Morgan fingerprint density at radius 3 is 2.52 bits per heavy atom. The molecular weight excluding hydrogens is 322 g/mol. The van der Waals surface area contributed by atoms with Gasteiger partial charge in [-0.1, -0.05) is 42.5 Å². The van der Waals surface area contributed by atoms with E-state index in [-0.39, 0.29) is 19.4 Å². The van der Waals surface area contributed by atoms with Crippen LogP contribution in [0.5, 0.6) is 0 Å². The number of anilines is 1. The van der Waals surface area contributed by atoms with Crippen molar-refractivity contribution in [2.45, 2.75) is 19.4 Å². The van der Waals surface area contributed by atoms with Gasteiger partial charge in [-0.2, -0.15) is 0 Å². The van der Waals surface area contributed by atoms with Crippen LogP contribution in [0.25, 0.3) is 11.0 Å². The summed E-state index contributed by atoms with van der Waals surface area (Å²) in [4.78, 5) is 23.0. The molecule has 0 aliphatic heterocycles. The molecule has 3 rings (SSSR count). The molecule has 25 heavy (non-hydrogen) atoms. The minimum absolute atomic E-state index is 0.0897. The highest BCUT2D eigenvalue weighted by atomic mass is 16.5. The Morgan fingerprint density at radius 1 is 1.04 bits per heavy atom. The van der Waals surface area contributed by atoms with Gasteiger partial charge >= 0.3 is 12.1 Å². The van der Waals surface area contributed by atoms with Crippen molar-refractivity contribution in [2.75, 3.05) is 5.32 Å². The van der Waals surface area contributed by atoms with Crippen molar-refractivity contribution >= 4 is 28.7 Å². The van der Waals surface area contributed by atoms with Crippen LogP contribution >= 0.6 is 0 Å². The van der Waals surface area contributed by atoms with E-state index in [2.05, 4.69) is 5.32 Å². The number of amides is 1. The molecule has 6 nitrogen and oxygen atoms in total. The number of nitrogens with one attached hydrogen (secondary N) is 1. The number of carboxylic acid groups (broad SMARTS) is 1. The highest BCUT2D eigenvalue weighted by Gasteiger charge is 2.17. The number of rotatable bonds is 6. The van der Waals surface area contributed by atoms with Gasteiger partial charge in [0.05, 0.1) is 12.1 Å². The molecule has 0 spiro atoms. The van der Waals surface area contributed by atoms with Crippen molar-refractivity contribution in [1.29, 1.82) is 0 Å². The Morgan fingerprint density at radius 2 is 1.76 bits per heavy atom. The van der Waals surface area contributed by atoms with Gasteiger partial charge in [-0.15, -0.1) is 0 Å². The summed E-state index contributed by atoms with van der Waals surface area (Å²) < 4.78 is 10.9. The quantitative estimate of drug-likeness (QED) is 0.702. The zero-order chi connectivity index (χ0) is 17.6. The van der Waals surface area contributed by atoms with Crippen molar-refractivity contribution < 1.29 is 23.8 Å². The maximum Gasteiger partial charge on any atom is 0.412 e. The van der Waals surface area contributed by atoms with Gasteiger partial charge in [0.1, 0.15) is 18.0 Å². The van der Waals surface area contributed by atoms with Gasteiger partial charge in [-0.3, -0.25) is 10.1 Å². The number of hydrogen-bond donors (Lipinski definition) is 2. The second kappa shape index (κ2) is 7.53. The fraction of sp³-hybridized carbons (Fsp3) is 0.158. The van der Waals surface area contributed by atoms with E-state index < -0.39 is 12.1 Å². The van der Waals surface area contributed by atoms with Crippen molar-refractivity contribution in [1.82, 2.24) is 0 Å². The lowest BCUT2D eigenvalue weighted by Crippen LogP contribution is -2.14. The van der Waals surface area contributed by atoms with E-state index in [1.165, 1.54) is 0 Å². The molecule has 1 heterocycles. The molecule has 0 aliphatic rings. The maximum absolute atomic E-state index is 12.1. The van der Waals surface area contributed by atoms with Crippen molar-refractivity contribution in [2.24, 2.45) is 0 Å². The summed E-state index contributed by atoms with van der Waals surface area (Å²) >= 11 is 0. The van der Waals surface area contributed by atoms with Gasteiger partial charge in [-0.05, 0) is 17.7 Å². The number of carbonyl (C=O) groups is 2. The Kier molecular flexibility index (Phi) is 4.99. The number of fused-ring (bicyclic) bond motifs is 1. The first-order valence-corrected chi connectivity index (χ1v) is 7.83. The SMILES string of the molecule is O=C(O)CCc1oc2ccccc2c1NC(=O)OCc1ccccc1. The van der Waals surface area contributed by atoms with Crippen LogP contribution in [-0.2, 0) is 22.6 Å². The standard InChI is InChI=1S/C19H17NO5/c21-17(22)11-10-16-18(14-8-4-5-9-15(14)25-16)20-19(23)24-12-13-6-2-1-3-7-13/h1-9H,10-12H2,(H,20,23)(H,21,22). The number of para-hydroxylation sites is 1. The van der Waals surface area contributed by atoms with Crippen LogP contribution in [0.15, 0.2) is 59.0 Å². The molecule has 2 N–H and O–H groups in total. The van der Waals surface area contributed by atoms with E-state index in [9.17, 15) is 9.59 Å². The summed E-state index contributed by atoms with van der Waals surface area (Å²) in [6.07, 6.45) is -0.529. The zero-order valence-corrected chi connectivity index (χ0v) is 13.4. The normalized spacial score (nSPS) is 10.6. The van der Waals surface area contributed by atoms with E-state index in [0.717, 1.165) is 5.56 Å². The molecule has 0 saturated heterocycles. The molecular formula is C19H17NO5. The Bertz CT molecular complexity index is 885. The van der Waals surface area contributed by atoms with Gasteiger partial charge in [0, 0.05) is 11.8 Å². The molecule has 2 aromatic carbocycles. The first-order valence-electron chi connectivity index (χ1n) is 7.83. The Labute approximate surface area is 144 Å². The number of hydrogen-bond acceptors (Lipinski definition) is 4. The summed E-state index contributed by atoms with van der Waals surface area (Å²) in [5.41, 5.74) is 1.91. The van der Waals surface area contributed by atoms with Gasteiger partial charge in [0.25, 0.3) is 0 Å². The number of furan rings is 1. The van der Waals surface area contributed by atoms with E-state index in [4.69, 9.17) is 14.3 Å². The van der Waals surface area contributed by atoms with Crippen LogP contribution in [0.3, 0.4) is 0 Å². The second-order valence-electron chi connectivity index (χ2n) is 5.48. The summed E-state index contributed by atoms with van der Waals surface area (Å²) in [6.45, 7) is 0.146. The maximum atomic E-state index is 12.1. The number of carboxylic acids is 1. The third-order valence-corrected chi connectivity index (χ3v) is 3.67. The predicted molar refractivity (Wildman–Crippen MR) is 92.4 cm³/mol. The van der Waals surface area contributed by atoms with Crippen molar-refractivity contribution in [3.63, 3.8) is 0 Å². The number of benzene rings is 2. The third-order valence-electron chi connectivity index (χ3n) is 3.67. The van der Waals surface area contributed by atoms with Gasteiger partial charge in [0.15, 0.2) is 0 Å². The van der Waals surface area contributed by atoms with Crippen molar-refractivity contribution in [3.8, 4) is 0 Å². The van der Waals surface area contributed by atoms with Crippen LogP contribution in [0.1, 0.15) is 17.7 Å². The second-order valence-corrected chi connectivity index (χ2v) is 5.48. The molecule has 0 saturated carbocycles. The van der Waals surface area contributed by atoms with Crippen LogP contribution in [-0.4, -0.2) is 17.2 Å². The van der Waals surface area contributed by atoms with Crippen LogP contribution in [0.4, 0.5) is 10.5 Å². The highest BCUT2D eigenvalue weighted by Crippen LogP contribution is 2.31. The van der Waals surface area contributed by atoms with Crippen LogP contribution in [0, 0.1) is 0 Å². The molecule has 1 amide bonds. The molecule has 0 unspecified atom stereocenters. The molecule has 0 fully saturated rings. The summed E-state index contributed by atoms with van der Waals surface area (Å²) in [5.74, 6) is -0.515. The van der Waals surface area contributed by atoms with Crippen LogP contribution < -0.4 is 5.32 Å². The summed E-state index contributed by atoms with van der Waals surface area (Å²) in [6, 6.07) is 16.5. The summed E-state index contributed by atoms with van der Waals surface area (Å²) in [7, 11) is 0. The molecule has 0 radical (unpaired) electrons. The molecule has 0 atom stereocenters. The first kappa shape index (κ1) is 16.6. The lowest BCUT2D eigenvalue weighted by Gasteiger charge is -2.07. The van der Waals surface area contributed by atoms with E-state index in [0.29, 0.717) is 22.4 Å². The highest BCUT2D eigenvalue weighted by molar-refractivity contribution is 5.99. The van der Waals surface area contributed by atoms with Crippen LogP contribution in [0.2, 0.25) is 0 Å². The number of aryl methyl sites for hydroxylation is 1. The lowest BCUT2D eigenvalue weighted by molar-refractivity contribution is -0.137. The third kappa shape index (κ3) is 4.17. The Hall–Kier alpha value is -3.28. The predicted octanol–water partition coefficient (Wildman–Crippen LogP) is 4.20. The average Bonchev–Trinajstić information content (AvgIpc) is 2.97. The minimum Gasteiger partial charge on any atom is -0.481 e. The number of ether oxygens (including phenoxy) is 1. The average molecular weight is 339 g/mol. The fourth-order valence-electron chi connectivity index (χ4n) is 2.49. The molecule has 128 valence electrons. The van der Waals surface area contributed by atoms with E-state index in [1.54, 1.807) is 12.1 Å². The van der Waals surface area contributed by atoms with E-state index in [1.807, 2.05) is 42.5 Å². The monoisotopic (exact) mass is 339 g/mol. The fourth-order valence-corrected chi connectivity index (χ4v) is 2.49. The molecule has 6 heteroatoms. The largest absolute Gasteiger partial charge is 0.481 e. The number of aliphatic carboxylic acids is 1.